The first kappa shape index (κ1) is 13.7. The lowest BCUT2D eigenvalue weighted by Crippen LogP contribution is -2.19. The average Bonchev–Trinajstić information content (AvgIpc) is 2.22. The fourth-order valence-electron chi connectivity index (χ4n) is 1.48. The monoisotopic (exact) mass is 259 g/mol. The summed E-state index contributed by atoms with van der Waals surface area (Å²) in [5, 5.41) is 0.679. The van der Waals surface area contributed by atoms with E-state index in [1.165, 1.54) is 5.56 Å². The molecule has 2 nitrogen and oxygen atoms in total. The molecule has 1 rings (SSSR count). The minimum absolute atomic E-state index is 0.638. The van der Waals surface area contributed by atoms with E-state index in [0.717, 1.165) is 24.6 Å². The molecule has 0 atom stereocenters. The zero-order chi connectivity index (χ0) is 12.0. The standard InChI is InChI=1S/C12H18ClNOS/c1-3-15-12-5-4-10(8-11(12)13)9-14(2)6-7-16/h4-5,8,16H,3,6-7,9H2,1-2H3. The van der Waals surface area contributed by atoms with E-state index in [1.54, 1.807) is 0 Å². The number of hydrogen-bond acceptors (Lipinski definition) is 3. The van der Waals surface area contributed by atoms with Crippen LogP contribution < -0.4 is 4.74 Å². The molecule has 0 spiro atoms. The lowest BCUT2D eigenvalue weighted by atomic mass is 10.2. The van der Waals surface area contributed by atoms with Crippen molar-refractivity contribution in [2.45, 2.75) is 13.5 Å². The number of benzene rings is 1. The molecule has 0 N–H and O–H groups in total. The molecule has 0 bridgehead atoms. The van der Waals surface area contributed by atoms with Gasteiger partial charge in [-0.25, -0.2) is 0 Å². The maximum atomic E-state index is 6.11. The van der Waals surface area contributed by atoms with E-state index in [-0.39, 0.29) is 0 Å². The molecule has 0 saturated heterocycles. The average molecular weight is 260 g/mol. The highest BCUT2D eigenvalue weighted by atomic mass is 35.5. The molecule has 0 radical (unpaired) electrons. The number of rotatable bonds is 6. The van der Waals surface area contributed by atoms with Gasteiger partial charge < -0.3 is 9.64 Å². The predicted molar refractivity (Wildman–Crippen MR) is 72.8 cm³/mol. The van der Waals surface area contributed by atoms with Gasteiger partial charge >= 0.3 is 0 Å². The first-order valence-electron chi connectivity index (χ1n) is 5.38. The Hall–Kier alpha value is -0.380. The molecule has 0 aromatic heterocycles. The second-order valence-corrected chi connectivity index (χ2v) is 4.51. The molecule has 0 amide bonds. The normalized spacial score (nSPS) is 10.8. The van der Waals surface area contributed by atoms with Gasteiger partial charge in [-0.3, -0.25) is 0 Å². The number of nitrogens with zero attached hydrogens (tertiary/aromatic N) is 1. The van der Waals surface area contributed by atoms with Gasteiger partial charge in [-0.05, 0) is 31.7 Å². The number of halogens is 1. The summed E-state index contributed by atoms with van der Waals surface area (Å²) >= 11 is 10.3. The first-order chi connectivity index (χ1) is 7.67. The summed E-state index contributed by atoms with van der Waals surface area (Å²) < 4.78 is 5.39. The van der Waals surface area contributed by atoms with Crippen molar-refractivity contribution in [1.29, 1.82) is 0 Å². The van der Waals surface area contributed by atoms with Gasteiger partial charge in [-0.1, -0.05) is 17.7 Å². The van der Waals surface area contributed by atoms with Gasteiger partial charge in [0.15, 0.2) is 0 Å². The highest BCUT2D eigenvalue weighted by Gasteiger charge is 2.04. The fraction of sp³-hybridized carbons (Fsp3) is 0.500. The van der Waals surface area contributed by atoms with Crippen LogP contribution in [-0.2, 0) is 6.54 Å². The van der Waals surface area contributed by atoms with Crippen molar-refractivity contribution in [1.82, 2.24) is 4.90 Å². The van der Waals surface area contributed by atoms with Crippen LogP contribution in [0.1, 0.15) is 12.5 Å². The molecule has 4 heteroatoms. The predicted octanol–water partition coefficient (Wildman–Crippen LogP) is 3.10. The molecule has 1 aromatic carbocycles. The Labute approximate surface area is 108 Å². The smallest absolute Gasteiger partial charge is 0.137 e. The molecule has 0 fully saturated rings. The molecular weight excluding hydrogens is 242 g/mol. The highest BCUT2D eigenvalue weighted by molar-refractivity contribution is 7.80. The van der Waals surface area contributed by atoms with Gasteiger partial charge in [0.1, 0.15) is 5.75 Å². The molecule has 0 aliphatic rings. The Morgan fingerprint density at radius 3 is 2.75 bits per heavy atom. The summed E-state index contributed by atoms with van der Waals surface area (Å²) in [7, 11) is 2.07. The highest BCUT2D eigenvalue weighted by Crippen LogP contribution is 2.25. The molecule has 0 aliphatic heterocycles. The third-order valence-electron chi connectivity index (χ3n) is 2.23. The van der Waals surface area contributed by atoms with Gasteiger partial charge in [-0.2, -0.15) is 12.6 Å². The van der Waals surface area contributed by atoms with Crippen molar-refractivity contribution in [3.05, 3.63) is 28.8 Å². The molecule has 0 unspecified atom stereocenters. The van der Waals surface area contributed by atoms with E-state index in [4.69, 9.17) is 16.3 Å². The van der Waals surface area contributed by atoms with Gasteiger partial charge in [0.25, 0.3) is 0 Å². The number of hydrogen-bond donors (Lipinski definition) is 1. The quantitative estimate of drug-likeness (QED) is 0.789. The third-order valence-corrected chi connectivity index (χ3v) is 2.73. The Bertz CT molecular complexity index is 333. The lowest BCUT2D eigenvalue weighted by Gasteiger charge is -2.16. The van der Waals surface area contributed by atoms with Crippen LogP contribution in [0.4, 0.5) is 0 Å². The van der Waals surface area contributed by atoms with Crippen molar-refractivity contribution in [2.75, 3.05) is 26.0 Å². The summed E-state index contributed by atoms with van der Waals surface area (Å²) in [6.07, 6.45) is 0. The van der Waals surface area contributed by atoms with Crippen molar-refractivity contribution >= 4 is 24.2 Å². The molecule has 1 aromatic rings. The minimum atomic E-state index is 0.638. The van der Waals surface area contributed by atoms with Crippen molar-refractivity contribution < 1.29 is 4.74 Å². The lowest BCUT2D eigenvalue weighted by molar-refractivity contribution is 0.338. The topological polar surface area (TPSA) is 12.5 Å². The molecule has 0 saturated carbocycles. The number of thiol groups is 1. The van der Waals surface area contributed by atoms with Crippen molar-refractivity contribution in [3.63, 3.8) is 0 Å². The van der Waals surface area contributed by atoms with Crippen molar-refractivity contribution in [2.24, 2.45) is 0 Å². The largest absolute Gasteiger partial charge is 0.492 e. The molecule has 16 heavy (non-hydrogen) atoms. The molecule has 0 heterocycles. The van der Waals surface area contributed by atoms with Gasteiger partial charge in [0, 0.05) is 18.8 Å². The summed E-state index contributed by atoms with van der Waals surface area (Å²) in [5.41, 5.74) is 1.19. The first-order valence-corrected chi connectivity index (χ1v) is 6.39. The Morgan fingerprint density at radius 1 is 1.44 bits per heavy atom. The SMILES string of the molecule is CCOc1ccc(CN(C)CCS)cc1Cl. The summed E-state index contributed by atoms with van der Waals surface area (Å²) in [5.74, 6) is 1.62. The summed E-state index contributed by atoms with van der Waals surface area (Å²) in [6.45, 7) is 4.43. The summed E-state index contributed by atoms with van der Waals surface area (Å²) in [6, 6.07) is 5.93. The number of ether oxygens (including phenoxy) is 1. The van der Waals surface area contributed by atoms with E-state index < -0.39 is 0 Å². The maximum Gasteiger partial charge on any atom is 0.137 e. The van der Waals surface area contributed by atoms with Crippen LogP contribution in [0.5, 0.6) is 5.75 Å². The van der Waals surface area contributed by atoms with Crippen LogP contribution in [-0.4, -0.2) is 30.9 Å². The van der Waals surface area contributed by atoms with Crippen LogP contribution in [0, 0.1) is 0 Å². The summed E-state index contributed by atoms with van der Waals surface area (Å²) in [4.78, 5) is 2.21. The van der Waals surface area contributed by atoms with E-state index >= 15 is 0 Å². The van der Waals surface area contributed by atoms with Gasteiger partial charge in [-0.15, -0.1) is 0 Å². The van der Waals surface area contributed by atoms with Crippen molar-refractivity contribution in [3.8, 4) is 5.75 Å². The minimum Gasteiger partial charge on any atom is -0.492 e. The van der Waals surface area contributed by atoms with Gasteiger partial charge in [0.05, 0.1) is 11.6 Å². The second kappa shape index (κ2) is 7.05. The van der Waals surface area contributed by atoms with Gasteiger partial charge in [0.2, 0.25) is 0 Å². The van der Waals surface area contributed by atoms with E-state index in [9.17, 15) is 0 Å². The maximum absolute atomic E-state index is 6.11. The van der Waals surface area contributed by atoms with Crippen LogP contribution in [0.25, 0.3) is 0 Å². The second-order valence-electron chi connectivity index (χ2n) is 3.66. The van der Waals surface area contributed by atoms with E-state index in [1.807, 2.05) is 25.1 Å². The molecule has 90 valence electrons. The molecule has 0 aliphatic carbocycles. The zero-order valence-corrected chi connectivity index (χ0v) is 11.4. The van der Waals surface area contributed by atoms with Crippen LogP contribution in [0.2, 0.25) is 5.02 Å². The Kier molecular flexibility index (Phi) is 6.03. The third kappa shape index (κ3) is 4.24. The Balaban J connectivity index is 2.65. The van der Waals surface area contributed by atoms with E-state index in [0.29, 0.717) is 11.6 Å². The van der Waals surface area contributed by atoms with Crippen LogP contribution in [0.3, 0.4) is 0 Å². The fourth-order valence-corrected chi connectivity index (χ4v) is 2.08. The Morgan fingerprint density at radius 2 is 2.19 bits per heavy atom. The van der Waals surface area contributed by atoms with E-state index in [2.05, 4.69) is 24.6 Å². The molecular formula is C12H18ClNOS. The van der Waals surface area contributed by atoms with Crippen LogP contribution >= 0.6 is 24.2 Å². The van der Waals surface area contributed by atoms with Crippen LogP contribution in [0.15, 0.2) is 18.2 Å². The zero-order valence-electron chi connectivity index (χ0n) is 9.74.